The molecule has 2 N–H and O–H groups in total. The highest BCUT2D eigenvalue weighted by atomic mass is 35.5. The van der Waals surface area contributed by atoms with E-state index in [0.717, 1.165) is 11.0 Å². The molecule has 0 bridgehead atoms. The number of nitrogens with zero attached hydrogens (tertiary/aromatic N) is 3. The molecule has 2 aromatic carbocycles. The summed E-state index contributed by atoms with van der Waals surface area (Å²) in [6, 6.07) is 10.7. The molecule has 0 aliphatic carbocycles. The first-order chi connectivity index (χ1) is 9.13. The fourth-order valence-electron chi connectivity index (χ4n) is 1.79. The van der Waals surface area contributed by atoms with Crippen molar-refractivity contribution in [2.24, 2.45) is 7.05 Å². The Labute approximate surface area is 114 Å². The molecule has 0 saturated carbocycles. The minimum Gasteiger partial charge on any atom is -0.457 e. The van der Waals surface area contributed by atoms with E-state index in [2.05, 4.69) is 10.3 Å². The van der Waals surface area contributed by atoms with Gasteiger partial charge in [0.25, 0.3) is 0 Å². The van der Waals surface area contributed by atoms with Gasteiger partial charge in [0, 0.05) is 19.2 Å². The van der Waals surface area contributed by atoms with E-state index < -0.39 is 0 Å². The van der Waals surface area contributed by atoms with E-state index in [-0.39, 0.29) is 0 Å². The van der Waals surface area contributed by atoms with Crippen LogP contribution in [0.15, 0.2) is 36.4 Å². The number of hydrogen-bond acceptors (Lipinski definition) is 4. The van der Waals surface area contributed by atoms with Gasteiger partial charge in [0.2, 0.25) is 0 Å². The molecule has 0 spiro atoms. The number of rotatable bonds is 2. The van der Waals surface area contributed by atoms with Crippen molar-refractivity contribution in [2.75, 3.05) is 5.73 Å². The number of aryl methyl sites for hydroxylation is 1. The van der Waals surface area contributed by atoms with Gasteiger partial charge in [0.15, 0.2) is 0 Å². The quantitative estimate of drug-likeness (QED) is 0.730. The number of hydrogen-bond donors (Lipinski definition) is 1. The molecular formula is C13H11ClN4O. The predicted octanol–water partition coefficient (Wildman–Crippen LogP) is 3.00. The molecular weight excluding hydrogens is 264 g/mol. The van der Waals surface area contributed by atoms with Crippen molar-refractivity contribution in [2.45, 2.75) is 0 Å². The van der Waals surface area contributed by atoms with Crippen LogP contribution in [0.25, 0.3) is 11.0 Å². The summed E-state index contributed by atoms with van der Waals surface area (Å²) in [5.41, 5.74) is 7.90. The third-order valence-electron chi connectivity index (χ3n) is 2.79. The lowest BCUT2D eigenvalue weighted by atomic mass is 10.3. The summed E-state index contributed by atoms with van der Waals surface area (Å²) in [7, 11) is 1.84. The van der Waals surface area contributed by atoms with Crippen LogP contribution in [0.1, 0.15) is 0 Å². The average molecular weight is 275 g/mol. The zero-order valence-electron chi connectivity index (χ0n) is 10.2. The van der Waals surface area contributed by atoms with Gasteiger partial charge >= 0.3 is 0 Å². The second kappa shape index (κ2) is 4.44. The number of benzene rings is 2. The molecule has 1 heterocycles. The van der Waals surface area contributed by atoms with E-state index in [1.807, 2.05) is 25.2 Å². The first kappa shape index (κ1) is 11.8. The molecule has 3 aromatic rings. The summed E-state index contributed by atoms with van der Waals surface area (Å²) in [6.45, 7) is 0. The minimum absolute atomic E-state index is 0.470. The van der Waals surface area contributed by atoms with Crippen LogP contribution in [0, 0.1) is 0 Å². The monoisotopic (exact) mass is 274 g/mol. The van der Waals surface area contributed by atoms with Gasteiger partial charge in [0.05, 0.1) is 16.2 Å². The number of halogens is 1. The van der Waals surface area contributed by atoms with Crippen molar-refractivity contribution in [3.63, 3.8) is 0 Å². The summed E-state index contributed by atoms with van der Waals surface area (Å²) in [5, 5.41) is 8.45. The first-order valence-corrected chi connectivity index (χ1v) is 6.03. The molecule has 0 saturated heterocycles. The predicted molar refractivity (Wildman–Crippen MR) is 74.4 cm³/mol. The second-order valence-corrected chi connectivity index (χ2v) is 4.56. The van der Waals surface area contributed by atoms with Gasteiger partial charge in [-0.3, -0.25) is 0 Å². The normalized spacial score (nSPS) is 10.8. The zero-order chi connectivity index (χ0) is 13.4. The van der Waals surface area contributed by atoms with Crippen LogP contribution in [0.5, 0.6) is 11.5 Å². The van der Waals surface area contributed by atoms with Gasteiger partial charge in [-0.1, -0.05) is 16.8 Å². The topological polar surface area (TPSA) is 66.0 Å². The van der Waals surface area contributed by atoms with Gasteiger partial charge in [-0.2, -0.15) is 0 Å². The SMILES string of the molecule is Cn1nnc2cc(Oc3ccc(N)c(Cl)c3)ccc21. The highest BCUT2D eigenvalue weighted by Crippen LogP contribution is 2.29. The Morgan fingerprint density at radius 1 is 1.16 bits per heavy atom. The molecule has 1 aromatic heterocycles. The maximum atomic E-state index is 5.95. The van der Waals surface area contributed by atoms with Gasteiger partial charge in [-0.05, 0) is 24.3 Å². The van der Waals surface area contributed by atoms with Gasteiger partial charge in [0.1, 0.15) is 17.0 Å². The minimum atomic E-state index is 0.470. The summed E-state index contributed by atoms with van der Waals surface area (Å²) in [6.07, 6.45) is 0. The van der Waals surface area contributed by atoms with E-state index in [1.54, 1.807) is 22.9 Å². The number of aromatic nitrogens is 3. The molecule has 6 heteroatoms. The fraction of sp³-hybridized carbons (Fsp3) is 0.0769. The van der Waals surface area contributed by atoms with Crippen molar-refractivity contribution in [1.82, 2.24) is 15.0 Å². The molecule has 0 aliphatic rings. The van der Waals surface area contributed by atoms with E-state index in [0.29, 0.717) is 22.2 Å². The van der Waals surface area contributed by atoms with Crippen molar-refractivity contribution >= 4 is 28.3 Å². The number of ether oxygens (including phenoxy) is 1. The summed E-state index contributed by atoms with van der Waals surface area (Å²) in [5.74, 6) is 1.30. The van der Waals surface area contributed by atoms with Crippen molar-refractivity contribution in [3.05, 3.63) is 41.4 Å². The molecule has 0 radical (unpaired) electrons. The van der Waals surface area contributed by atoms with Crippen molar-refractivity contribution in [1.29, 1.82) is 0 Å². The van der Waals surface area contributed by atoms with Crippen molar-refractivity contribution in [3.8, 4) is 11.5 Å². The van der Waals surface area contributed by atoms with E-state index in [9.17, 15) is 0 Å². The summed E-state index contributed by atoms with van der Waals surface area (Å²) < 4.78 is 7.42. The van der Waals surface area contributed by atoms with E-state index in [4.69, 9.17) is 22.1 Å². The molecule has 96 valence electrons. The van der Waals surface area contributed by atoms with Crippen LogP contribution in [-0.4, -0.2) is 15.0 Å². The third kappa shape index (κ3) is 2.20. The number of anilines is 1. The lowest BCUT2D eigenvalue weighted by Gasteiger charge is -2.07. The van der Waals surface area contributed by atoms with Gasteiger partial charge in [-0.25, -0.2) is 4.68 Å². The fourth-order valence-corrected chi connectivity index (χ4v) is 1.96. The number of nitrogen functional groups attached to an aromatic ring is 1. The highest BCUT2D eigenvalue weighted by molar-refractivity contribution is 6.33. The zero-order valence-corrected chi connectivity index (χ0v) is 10.9. The van der Waals surface area contributed by atoms with Gasteiger partial charge in [-0.15, -0.1) is 5.10 Å². The van der Waals surface area contributed by atoms with Crippen LogP contribution in [0.4, 0.5) is 5.69 Å². The Kier molecular flexibility index (Phi) is 2.76. The Morgan fingerprint density at radius 2 is 1.89 bits per heavy atom. The number of nitrogens with two attached hydrogens (primary N) is 1. The maximum Gasteiger partial charge on any atom is 0.129 e. The van der Waals surface area contributed by atoms with E-state index >= 15 is 0 Å². The third-order valence-corrected chi connectivity index (χ3v) is 3.12. The first-order valence-electron chi connectivity index (χ1n) is 5.66. The molecule has 3 rings (SSSR count). The molecule has 0 fully saturated rings. The molecule has 0 atom stereocenters. The Hall–Kier alpha value is -2.27. The molecule has 0 unspecified atom stereocenters. The number of fused-ring (bicyclic) bond motifs is 1. The van der Waals surface area contributed by atoms with Crippen LogP contribution >= 0.6 is 11.6 Å². The Balaban J connectivity index is 1.94. The molecule has 0 amide bonds. The molecule has 0 aliphatic heterocycles. The van der Waals surface area contributed by atoms with Crippen LogP contribution < -0.4 is 10.5 Å². The second-order valence-electron chi connectivity index (χ2n) is 4.15. The van der Waals surface area contributed by atoms with Crippen LogP contribution in [-0.2, 0) is 7.05 Å². The van der Waals surface area contributed by atoms with Crippen LogP contribution in [0.2, 0.25) is 5.02 Å². The molecule has 5 nitrogen and oxygen atoms in total. The Bertz CT molecular complexity index is 753. The Morgan fingerprint density at radius 3 is 2.68 bits per heavy atom. The smallest absolute Gasteiger partial charge is 0.129 e. The largest absolute Gasteiger partial charge is 0.457 e. The van der Waals surface area contributed by atoms with Gasteiger partial charge < -0.3 is 10.5 Å². The van der Waals surface area contributed by atoms with Crippen molar-refractivity contribution < 1.29 is 4.74 Å². The lowest BCUT2D eigenvalue weighted by Crippen LogP contribution is -1.90. The molecule has 19 heavy (non-hydrogen) atoms. The standard InChI is InChI=1S/C13H11ClN4O/c1-18-13-5-3-9(7-12(13)16-17-18)19-8-2-4-11(15)10(14)6-8/h2-7H,15H2,1H3. The maximum absolute atomic E-state index is 5.95. The van der Waals surface area contributed by atoms with Crippen LogP contribution in [0.3, 0.4) is 0 Å². The average Bonchev–Trinajstić information content (AvgIpc) is 2.75. The lowest BCUT2D eigenvalue weighted by molar-refractivity contribution is 0.483. The highest BCUT2D eigenvalue weighted by Gasteiger charge is 2.05. The summed E-state index contributed by atoms with van der Waals surface area (Å²) >= 11 is 5.95. The van der Waals surface area contributed by atoms with E-state index in [1.165, 1.54) is 0 Å². The summed E-state index contributed by atoms with van der Waals surface area (Å²) in [4.78, 5) is 0.